The highest BCUT2D eigenvalue weighted by molar-refractivity contribution is 14.0. The molecule has 0 radical (unpaired) electrons. The van der Waals surface area contributed by atoms with Gasteiger partial charge < -0.3 is 10.6 Å². The van der Waals surface area contributed by atoms with Gasteiger partial charge in [0, 0.05) is 26.7 Å². The summed E-state index contributed by atoms with van der Waals surface area (Å²) < 4.78 is 27.2. The number of halogens is 1. The Bertz CT molecular complexity index is 841. The van der Waals surface area contributed by atoms with Gasteiger partial charge in [-0.05, 0) is 30.1 Å². The monoisotopic (exact) mass is 565 g/mol. The fourth-order valence-electron chi connectivity index (χ4n) is 3.07. The highest BCUT2D eigenvalue weighted by atomic mass is 127. The van der Waals surface area contributed by atoms with Crippen LogP contribution in [0.1, 0.15) is 25.5 Å². The third kappa shape index (κ3) is 8.14. The molecule has 0 saturated carbocycles. The number of nitrogens with one attached hydrogen (secondary N) is 3. The first-order valence-electron chi connectivity index (χ1n) is 9.78. The Balaban J connectivity index is 0.00000450. The minimum absolute atomic E-state index is 0. The van der Waals surface area contributed by atoms with Crippen molar-refractivity contribution in [1.29, 1.82) is 0 Å². The molecule has 0 aliphatic heterocycles. The maximum atomic E-state index is 12.1. The van der Waals surface area contributed by atoms with E-state index in [2.05, 4.69) is 63.4 Å². The molecule has 168 valence electrons. The van der Waals surface area contributed by atoms with Crippen LogP contribution in [0.15, 0.2) is 57.0 Å². The van der Waals surface area contributed by atoms with Gasteiger partial charge in [0.15, 0.2) is 5.96 Å². The van der Waals surface area contributed by atoms with Gasteiger partial charge in [-0.2, -0.15) is 0 Å². The third-order valence-corrected chi connectivity index (χ3v) is 7.45. The average Bonchev–Trinajstić information content (AvgIpc) is 3.29. The maximum Gasteiger partial charge on any atom is 0.250 e. The molecule has 0 aliphatic rings. The summed E-state index contributed by atoms with van der Waals surface area (Å²) in [5.41, 5.74) is 1.25. The van der Waals surface area contributed by atoms with Crippen LogP contribution < -0.4 is 15.4 Å². The fourth-order valence-corrected chi connectivity index (χ4v) is 5.13. The van der Waals surface area contributed by atoms with Crippen LogP contribution in [-0.2, 0) is 10.0 Å². The number of sulfonamides is 1. The number of hydrogen-bond donors (Lipinski definition) is 3. The van der Waals surface area contributed by atoms with Gasteiger partial charge in [0.2, 0.25) is 10.0 Å². The van der Waals surface area contributed by atoms with Gasteiger partial charge in [0.1, 0.15) is 4.21 Å². The standard InChI is InChI=1S/C20H31N5O2S2.HI/c1-4-25(5-2)18(17-10-7-6-8-11-17)16-23-20(21-3)22-13-14-24-29(26,27)19-12-9-15-28-19;/h6-12,15,18,24H,4-5,13-14,16H2,1-3H3,(H2,21,22,23);1H. The molecule has 2 rings (SSSR count). The number of rotatable bonds is 11. The summed E-state index contributed by atoms with van der Waals surface area (Å²) in [6, 6.07) is 14.0. The van der Waals surface area contributed by atoms with Gasteiger partial charge >= 0.3 is 0 Å². The first-order chi connectivity index (χ1) is 14.0. The molecule has 0 bridgehead atoms. The number of guanidine groups is 1. The highest BCUT2D eigenvalue weighted by Crippen LogP contribution is 2.19. The lowest BCUT2D eigenvalue weighted by atomic mass is 10.1. The van der Waals surface area contributed by atoms with Crippen molar-refractivity contribution in [3.05, 3.63) is 53.4 Å². The molecule has 0 amide bonds. The summed E-state index contributed by atoms with van der Waals surface area (Å²) in [7, 11) is -1.73. The third-order valence-electron chi connectivity index (χ3n) is 4.59. The summed E-state index contributed by atoms with van der Waals surface area (Å²) in [6.45, 7) is 7.64. The number of hydrogen-bond acceptors (Lipinski definition) is 5. The lowest BCUT2D eigenvalue weighted by molar-refractivity contribution is 0.219. The van der Waals surface area contributed by atoms with Gasteiger partial charge in [-0.15, -0.1) is 35.3 Å². The zero-order valence-corrected chi connectivity index (χ0v) is 21.6. The zero-order valence-electron chi connectivity index (χ0n) is 17.7. The van der Waals surface area contributed by atoms with Crippen molar-refractivity contribution in [3.63, 3.8) is 0 Å². The van der Waals surface area contributed by atoms with Gasteiger partial charge in [0.05, 0.1) is 6.04 Å². The van der Waals surface area contributed by atoms with Crippen molar-refractivity contribution < 1.29 is 8.42 Å². The van der Waals surface area contributed by atoms with Crippen LogP contribution in [0, 0.1) is 0 Å². The molecule has 1 aromatic heterocycles. The van der Waals surface area contributed by atoms with Gasteiger partial charge in [-0.1, -0.05) is 50.2 Å². The average molecular weight is 566 g/mol. The zero-order chi connectivity index (χ0) is 21.1. The molecular formula is C20H32IN5O2S2. The number of thiophene rings is 1. The quantitative estimate of drug-likeness (QED) is 0.169. The Kier molecular flexibility index (Phi) is 12.5. The van der Waals surface area contributed by atoms with Crippen molar-refractivity contribution >= 4 is 51.3 Å². The fraction of sp³-hybridized carbons (Fsp3) is 0.450. The molecule has 7 nitrogen and oxygen atoms in total. The van der Waals surface area contributed by atoms with E-state index in [0.29, 0.717) is 23.3 Å². The van der Waals surface area contributed by atoms with E-state index in [4.69, 9.17) is 0 Å². The van der Waals surface area contributed by atoms with Crippen molar-refractivity contribution in [2.24, 2.45) is 4.99 Å². The van der Waals surface area contributed by atoms with Gasteiger partial charge in [-0.25, -0.2) is 13.1 Å². The minimum atomic E-state index is -3.44. The van der Waals surface area contributed by atoms with Gasteiger partial charge in [0.25, 0.3) is 0 Å². The smallest absolute Gasteiger partial charge is 0.250 e. The normalized spacial score (nSPS) is 13.0. The summed E-state index contributed by atoms with van der Waals surface area (Å²) in [6.07, 6.45) is 0. The SMILES string of the molecule is CCN(CC)C(CNC(=NC)NCCNS(=O)(=O)c1cccs1)c1ccccc1.I. The van der Waals surface area contributed by atoms with Crippen molar-refractivity contribution in [2.45, 2.75) is 24.1 Å². The molecule has 1 unspecified atom stereocenters. The van der Waals surface area contributed by atoms with Crippen LogP contribution in [0.5, 0.6) is 0 Å². The van der Waals surface area contributed by atoms with Crippen LogP contribution in [0.2, 0.25) is 0 Å². The van der Waals surface area contributed by atoms with Gasteiger partial charge in [-0.3, -0.25) is 9.89 Å². The van der Waals surface area contributed by atoms with E-state index < -0.39 is 10.0 Å². The number of nitrogens with zero attached hydrogens (tertiary/aromatic N) is 2. The van der Waals surface area contributed by atoms with Crippen LogP contribution >= 0.6 is 35.3 Å². The summed E-state index contributed by atoms with van der Waals surface area (Å²) in [4.78, 5) is 6.64. The largest absolute Gasteiger partial charge is 0.355 e. The molecule has 0 aliphatic carbocycles. The van der Waals surface area contributed by atoms with Crippen molar-refractivity contribution in [1.82, 2.24) is 20.3 Å². The number of likely N-dealkylation sites (N-methyl/N-ethyl adjacent to an activating group) is 1. The predicted molar refractivity (Wildman–Crippen MR) is 136 cm³/mol. The molecule has 0 saturated heterocycles. The van der Waals surface area contributed by atoms with E-state index >= 15 is 0 Å². The van der Waals surface area contributed by atoms with E-state index in [1.165, 1.54) is 16.9 Å². The lowest BCUT2D eigenvalue weighted by Crippen LogP contribution is -2.45. The Morgan fingerprint density at radius 1 is 1.07 bits per heavy atom. The molecule has 1 atom stereocenters. The summed E-state index contributed by atoms with van der Waals surface area (Å²) in [5, 5.41) is 8.28. The molecule has 30 heavy (non-hydrogen) atoms. The molecule has 1 heterocycles. The Morgan fingerprint density at radius 3 is 2.33 bits per heavy atom. The lowest BCUT2D eigenvalue weighted by Gasteiger charge is -2.30. The second-order valence-electron chi connectivity index (χ2n) is 6.36. The van der Waals surface area contributed by atoms with Crippen LogP contribution in [0.3, 0.4) is 0 Å². The molecule has 0 fully saturated rings. The Morgan fingerprint density at radius 2 is 1.77 bits per heavy atom. The Labute approximate surface area is 201 Å². The highest BCUT2D eigenvalue weighted by Gasteiger charge is 2.18. The van der Waals surface area contributed by atoms with E-state index in [1.807, 2.05) is 6.07 Å². The topological polar surface area (TPSA) is 85.8 Å². The van der Waals surface area contributed by atoms with Crippen LogP contribution in [0.25, 0.3) is 0 Å². The molecule has 2 aromatic rings. The van der Waals surface area contributed by atoms with E-state index in [0.717, 1.165) is 13.1 Å². The second-order valence-corrected chi connectivity index (χ2v) is 9.30. The molecular weight excluding hydrogens is 533 g/mol. The van der Waals surface area contributed by atoms with E-state index in [1.54, 1.807) is 24.6 Å². The maximum absolute atomic E-state index is 12.1. The first kappa shape index (κ1) is 26.8. The predicted octanol–water partition coefficient (Wildman–Crippen LogP) is 2.89. The number of aliphatic imine (C=N–C) groups is 1. The summed E-state index contributed by atoms with van der Waals surface area (Å²) in [5.74, 6) is 0.647. The molecule has 10 heteroatoms. The van der Waals surface area contributed by atoms with Crippen molar-refractivity contribution in [3.8, 4) is 0 Å². The summed E-state index contributed by atoms with van der Waals surface area (Å²) >= 11 is 1.20. The van der Waals surface area contributed by atoms with Crippen molar-refractivity contribution in [2.75, 3.05) is 39.8 Å². The first-order valence-corrected chi connectivity index (χ1v) is 12.1. The molecule has 3 N–H and O–H groups in total. The Hall–Kier alpha value is -1.21. The minimum Gasteiger partial charge on any atom is -0.355 e. The molecule has 1 aromatic carbocycles. The number of benzene rings is 1. The van der Waals surface area contributed by atoms with Crippen LogP contribution in [-0.4, -0.2) is 59.0 Å². The van der Waals surface area contributed by atoms with E-state index in [9.17, 15) is 8.42 Å². The van der Waals surface area contributed by atoms with E-state index in [-0.39, 0.29) is 36.6 Å². The van der Waals surface area contributed by atoms with Crippen LogP contribution in [0.4, 0.5) is 0 Å². The second kappa shape index (κ2) is 14.0. The molecule has 0 spiro atoms.